The van der Waals surface area contributed by atoms with Gasteiger partial charge in [0, 0.05) is 14.5 Å². The number of halogens is 4. The lowest BCUT2D eigenvalue weighted by molar-refractivity contribution is 0.529. The van der Waals surface area contributed by atoms with Crippen LogP contribution in [0.1, 0.15) is 17.2 Å². The summed E-state index contributed by atoms with van der Waals surface area (Å²) in [6.45, 7) is 0. The maximum Gasteiger partial charge on any atom is 0.127 e. The van der Waals surface area contributed by atoms with Crippen molar-refractivity contribution < 1.29 is 4.39 Å². The number of hydrogen-bond acceptors (Lipinski definition) is 2. The van der Waals surface area contributed by atoms with Crippen molar-refractivity contribution in [1.82, 2.24) is 5.43 Å². The first-order valence-corrected chi connectivity index (χ1v) is 7.41. The molecule has 0 spiro atoms. The number of rotatable bonds is 4. The van der Waals surface area contributed by atoms with Crippen LogP contribution in [0.5, 0.6) is 0 Å². The molecule has 2 aromatic rings. The maximum atomic E-state index is 13.8. The molecule has 0 bridgehead atoms. The minimum absolute atomic E-state index is 0.296. The minimum atomic E-state index is -0.358. The van der Waals surface area contributed by atoms with E-state index < -0.39 is 0 Å². The van der Waals surface area contributed by atoms with E-state index in [9.17, 15) is 4.39 Å². The highest BCUT2D eigenvalue weighted by atomic mass is 79.9. The lowest BCUT2D eigenvalue weighted by atomic mass is 9.99. The van der Waals surface area contributed by atoms with E-state index in [0.29, 0.717) is 22.0 Å². The van der Waals surface area contributed by atoms with Gasteiger partial charge in [0.25, 0.3) is 0 Å². The van der Waals surface area contributed by atoms with Crippen LogP contribution in [0.4, 0.5) is 4.39 Å². The zero-order valence-corrected chi connectivity index (χ0v) is 13.4. The summed E-state index contributed by atoms with van der Waals surface area (Å²) in [5, 5.41) is 0.939. The molecule has 2 aromatic carbocycles. The lowest BCUT2D eigenvalue weighted by Gasteiger charge is -2.18. The third kappa shape index (κ3) is 3.71. The van der Waals surface area contributed by atoms with E-state index >= 15 is 0 Å². The number of nitrogens with one attached hydrogen (secondary N) is 1. The lowest BCUT2D eigenvalue weighted by Crippen LogP contribution is -2.30. The standard InChI is InChI=1S/C14H12BrCl2FN2/c15-9-2-4-12(17)11(6-9)14(20-19)5-8-1-3-10(16)7-13(8)18/h1-4,6-7,14,20H,5,19H2. The molecule has 0 aliphatic carbocycles. The first kappa shape index (κ1) is 15.7. The van der Waals surface area contributed by atoms with Gasteiger partial charge in [-0.3, -0.25) is 11.3 Å². The molecule has 0 saturated heterocycles. The molecule has 0 radical (unpaired) electrons. The van der Waals surface area contributed by atoms with Gasteiger partial charge in [0.05, 0.1) is 6.04 Å². The highest BCUT2D eigenvalue weighted by Gasteiger charge is 2.16. The van der Waals surface area contributed by atoms with Crippen LogP contribution < -0.4 is 11.3 Å². The first-order valence-electron chi connectivity index (χ1n) is 5.86. The molecule has 0 aliphatic rings. The van der Waals surface area contributed by atoms with Crippen LogP contribution in [0.25, 0.3) is 0 Å². The Labute approximate surface area is 135 Å². The second-order valence-corrected chi connectivity index (χ2v) is 6.08. The maximum absolute atomic E-state index is 13.8. The molecular formula is C14H12BrCl2FN2. The van der Waals surface area contributed by atoms with E-state index in [1.807, 2.05) is 12.1 Å². The zero-order chi connectivity index (χ0) is 14.7. The van der Waals surface area contributed by atoms with Crippen molar-refractivity contribution in [3.63, 3.8) is 0 Å². The summed E-state index contributed by atoms with van der Waals surface area (Å²) in [6.07, 6.45) is 0.371. The van der Waals surface area contributed by atoms with Gasteiger partial charge in [-0.05, 0) is 47.9 Å². The van der Waals surface area contributed by atoms with Crippen LogP contribution in [-0.4, -0.2) is 0 Å². The third-order valence-electron chi connectivity index (χ3n) is 2.97. The number of nitrogens with two attached hydrogens (primary N) is 1. The van der Waals surface area contributed by atoms with Gasteiger partial charge in [0.2, 0.25) is 0 Å². The van der Waals surface area contributed by atoms with Crippen LogP contribution in [0.3, 0.4) is 0 Å². The van der Waals surface area contributed by atoms with Gasteiger partial charge in [-0.2, -0.15) is 0 Å². The summed E-state index contributed by atoms with van der Waals surface area (Å²) >= 11 is 15.3. The molecule has 0 heterocycles. The summed E-state index contributed by atoms with van der Waals surface area (Å²) in [4.78, 5) is 0. The van der Waals surface area contributed by atoms with Gasteiger partial charge in [-0.1, -0.05) is 45.2 Å². The smallest absolute Gasteiger partial charge is 0.127 e. The molecule has 3 N–H and O–H groups in total. The Bertz CT molecular complexity index is 622. The Morgan fingerprint density at radius 3 is 2.60 bits per heavy atom. The van der Waals surface area contributed by atoms with Crippen LogP contribution >= 0.6 is 39.1 Å². The minimum Gasteiger partial charge on any atom is -0.271 e. The summed E-state index contributed by atoms with van der Waals surface area (Å²) in [7, 11) is 0. The van der Waals surface area contributed by atoms with Crippen molar-refractivity contribution in [2.75, 3.05) is 0 Å². The van der Waals surface area contributed by atoms with Gasteiger partial charge in [-0.25, -0.2) is 4.39 Å². The summed E-state index contributed by atoms with van der Waals surface area (Å²) < 4.78 is 14.7. The van der Waals surface area contributed by atoms with Crippen molar-refractivity contribution in [2.24, 2.45) is 5.84 Å². The molecule has 2 nitrogen and oxygen atoms in total. The third-order valence-corrected chi connectivity index (χ3v) is 4.05. The molecule has 2 rings (SSSR count). The average Bonchev–Trinajstić information content (AvgIpc) is 2.41. The fourth-order valence-corrected chi connectivity index (χ4v) is 2.73. The van der Waals surface area contributed by atoms with E-state index in [1.165, 1.54) is 6.07 Å². The fraction of sp³-hybridized carbons (Fsp3) is 0.143. The van der Waals surface area contributed by atoms with E-state index in [0.717, 1.165) is 10.0 Å². The van der Waals surface area contributed by atoms with Gasteiger partial charge in [0.15, 0.2) is 0 Å². The molecule has 6 heteroatoms. The molecule has 1 atom stereocenters. The summed E-state index contributed by atoms with van der Waals surface area (Å²) in [6, 6.07) is 9.75. The molecule has 0 amide bonds. The van der Waals surface area contributed by atoms with Gasteiger partial charge in [0.1, 0.15) is 5.82 Å². The Balaban J connectivity index is 2.31. The fourth-order valence-electron chi connectivity index (χ4n) is 1.95. The van der Waals surface area contributed by atoms with Crippen LogP contribution in [0.2, 0.25) is 10.0 Å². The van der Waals surface area contributed by atoms with E-state index in [4.69, 9.17) is 29.0 Å². The van der Waals surface area contributed by atoms with Crippen molar-refractivity contribution in [3.8, 4) is 0 Å². The van der Waals surface area contributed by atoms with Crippen LogP contribution in [0, 0.1) is 5.82 Å². The second kappa shape index (κ2) is 6.87. The Morgan fingerprint density at radius 1 is 1.20 bits per heavy atom. The predicted molar refractivity (Wildman–Crippen MR) is 84.3 cm³/mol. The Hall–Kier alpha value is -0.650. The van der Waals surface area contributed by atoms with E-state index in [-0.39, 0.29) is 11.9 Å². The van der Waals surface area contributed by atoms with Crippen molar-refractivity contribution >= 4 is 39.1 Å². The largest absolute Gasteiger partial charge is 0.271 e. The molecule has 20 heavy (non-hydrogen) atoms. The molecule has 0 fully saturated rings. The van der Waals surface area contributed by atoms with E-state index in [1.54, 1.807) is 18.2 Å². The molecular weight excluding hydrogens is 366 g/mol. The molecule has 0 aromatic heterocycles. The SMILES string of the molecule is NNC(Cc1ccc(Cl)cc1F)c1cc(Br)ccc1Cl. The summed E-state index contributed by atoms with van der Waals surface area (Å²) in [5.41, 5.74) is 4.00. The highest BCUT2D eigenvalue weighted by molar-refractivity contribution is 9.10. The second-order valence-electron chi connectivity index (χ2n) is 4.32. The van der Waals surface area contributed by atoms with Crippen molar-refractivity contribution in [1.29, 1.82) is 0 Å². The Morgan fingerprint density at radius 2 is 1.95 bits per heavy atom. The topological polar surface area (TPSA) is 38.0 Å². The monoisotopic (exact) mass is 376 g/mol. The quantitative estimate of drug-likeness (QED) is 0.601. The van der Waals surface area contributed by atoms with Crippen molar-refractivity contribution in [3.05, 3.63) is 67.9 Å². The molecule has 0 saturated carbocycles. The van der Waals surface area contributed by atoms with Crippen molar-refractivity contribution in [2.45, 2.75) is 12.5 Å². The Kier molecular flexibility index (Phi) is 5.41. The number of hydrazine groups is 1. The average molecular weight is 378 g/mol. The van der Waals surface area contributed by atoms with Gasteiger partial charge < -0.3 is 0 Å². The van der Waals surface area contributed by atoms with E-state index in [2.05, 4.69) is 21.4 Å². The highest BCUT2D eigenvalue weighted by Crippen LogP contribution is 2.29. The molecule has 0 aliphatic heterocycles. The van der Waals surface area contributed by atoms with Gasteiger partial charge >= 0.3 is 0 Å². The molecule has 1 unspecified atom stereocenters. The first-order chi connectivity index (χ1) is 9.51. The number of hydrogen-bond donors (Lipinski definition) is 2. The molecule has 106 valence electrons. The zero-order valence-electron chi connectivity index (χ0n) is 10.3. The van der Waals surface area contributed by atoms with Crippen LogP contribution in [-0.2, 0) is 6.42 Å². The predicted octanol–water partition coefficient (Wildman–Crippen LogP) is 4.64. The van der Waals surface area contributed by atoms with Gasteiger partial charge in [-0.15, -0.1) is 0 Å². The summed E-state index contributed by atoms with van der Waals surface area (Å²) in [5.74, 6) is 5.22. The van der Waals surface area contributed by atoms with Crippen LogP contribution in [0.15, 0.2) is 40.9 Å². The normalized spacial score (nSPS) is 12.4. The number of benzene rings is 2.